The zero-order valence-electron chi connectivity index (χ0n) is 14.5. The number of aryl methyl sites for hydroxylation is 1. The molecule has 132 valence electrons. The van der Waals surface area contributed by atoms with E-state index in [1.54, 1.807) is 18.3 Å². The average Bonchev–Trinajstić information content (AvgIpc) is 3.07. The molecule has 1 aromatic rings. The predicted molar refractivity (Wildman–Crippen MR) is 95.8 cm³/mol. The van der Waals surface area contributed by atoms with Crippen molar-refractivity contribution in [2.45, 2.75) is 46.0 Å². The molecule has 2 aliphatic rings. The van der Waals surface area contributed by atoms with Crippen LogP contribution < -0.4 is 5.32 Å². The second-order valence-electron chi connectivity index (χ2n) is 6.81. The second kappa shape index (κ2) is 7.66. The quantitative estimate of drug-likeness (QED) is 0.829. The number of esters is 1. The molecule has 0 spiro atoms. The van der Waals surface area contributed by atoms with Gasteiger partial charge in [0.15, 0.2) is 0 Å². The van der Waals surface area contributed by atoms with Crippen molar-refractivity contribution in [3.8, 4) is 0 Å². The number of carbonyl (C=O) groups is 2. The summed E-state index contributed by atoms with van der Waals surface area (Å²) >= 11 is 1.54. The topological polar surface area (TPSA) is 58.6 Å². The van der Waals surface area contributed by atoms with Crippen molar-refractivity contribution >= 4 is 28.2 Å². The van der Waals surface area contributed by atoms with Crippen molar-refractivity contribution in [1.29, 1.82) is 0 Å². The number of carbonyl (C=O) groups excluding carboxylic acids is 2. The van der Waals surface area contributed by atoms with Gasteiger partial charge >= 0.3 is 5.97 Å². The number of nitrogens with one attached hydrogen (secondary N) is 1. The third-order valence-electron chi connectivity index (χ3n) is 4.76. The highest BCUT2D eigenvalue weighted by Gasteiger charge is 2.28. The Morgan fingerprint density at radius 2 is 2.17 bits per heavy atom. The summed E-state index contributed by atoms with van der Waals surface area (Å²) in [5, 5.41) is 3.65. The van der Waals surface area contributed by atoms with Gasteiger partial charge in [0, 0.05) is 11.4 Å². The molecule has 24 heavy (non-hydrogen) atoms. The predicted octanol–water partition coefficient (Wildman–Crippen LogP) is 3.08. The maximum Gasteiger partial charge on any atom is 0.341 e. The third kappa shape index (κ3) is 3.81. The molecule has 0 saturated carbocycles. The molecule has 1 atom stereocenters. The minimum absolute atomic E-state index is 0.0328. The summed E-state index contributed by atoms with van der Waals surface area (Å²) < 4.78 is 5.20. The summed E-state index contributed by atoms with van der Waals surface area (Å²) in [7, 11) is 0. The molecule has 0 radical (unpaired) electrons. The van der Waals surface area contributed by atoms with Crippen LogP contribution in [0.1, 0.15) is 53.9 Å². The molecule has 0 aromatic carbocycles. The molecule has 6 heteroatoms. The lowest BCUT2D eigenvalue weighted by Crippen LogP contribution is -2.39. The Bertz CT molecular complexity index is 626. The van der Waals surface area contributed by atoms with Crippen molar-refractivity contribution in [1.82, 2.24) is 4.90 Å². The van der Waals surface area contributed by atoms with E-state index in [1.807, 2.05) is 0 Å². The molecule has 1 saturated heterocycles. The summed E-state index contributed by atoms with van der Waals surface area (Å²) in [4.78, 5) is 28.2. The molecule has 1 aliphatic carbocycles. The molecule has 1 N–H and O–H groups in total. The standard InChI is InChI=1S/C18H26N2O3S/c1-3-23-18(22)16-13-7-4-8-14(13)24-17(16)19-15(21)11-20-9-5-6-12(2)10-20/h12H,3-11H2,1-2H3,(H,19,21). The number of amides is 1. The zero-order chi connectivity index (χ0) is 17.1. The Labute approximate surface area is 147 Å². The Balaban J connectivity index is 1.70. The Morgan fingerprint density at radius 3 is 2.92 bits per heavy atom. The highest BCUT2D eigenvalue weighted by Crippen LogP contribution is 2.39. The molecule has 0 bridgehead atoms. The van der Waals surface area contributed by atoms with Crippen LogP contribution in [0.5, 0.6) is 0 Å². The summed E-state index contributed by atoms with van der Waals surface area (Å²) in [6.07, 6.45) is 5.36. The van der Waals surface area contributed by atoms with Gasteiger partial charge in [-0.15, -0.1) is 11.3 Å². The summed E-state index contributed by atoms with van der Waals surface area (Å²) in [6.45, 7) is 6.73. The molecule has 1 fully saturated rings. The van der Waals surface area contributed by atoms with Crippen LogP contribution >= 0.6 is 11.3 Å². The maximum atomic E-state index is 12.4. The zero-order valence-corrected chi connectivity index (χ0v) is 15.3. The first-order chi connectivity index (χ1) is 11.6. The number of ether oxygens (including phenoxy) is 1. The van der Waals surface area contributed by atoms with Crippen LogP contribution in [0.3, 0.4) is 0 Å². The van der Waals surface area contributed by atoms with Crippen LogP contribution in [0, 0.1) is 5.92 Å². The van der Waals surface area contributed by atoms with E-state index in [0.29, 0.717) is 29.6 Å². The van der Waals surface area contributed by atoms with E-state index in [9.17, 15) is 9.59 Å². The molecule has 1 amide bonds. The first kappa shape index (κ1) is 17.4. The first-order valence-corrected chi connectivity index (χ1v) is 9.74. The summed E-state index contributed by atoms with van der Waals surface area (Å²) in [5.41, 5.74) is 1.68. The van der Waals surface area contributed by atoms with Crippen LogP contribution in [0.2, 0.25) is 0 Å². The van der Waals surface area contributed by atoms with Gasteiger partial charge in [0.1, 0.15) is 5.00 Å². The van der Waals surface area contributed by atoms with E-state index in [1.165, 1.54) is 11.3 Å². The molecule has 5 nitrogen and oxygen atoms in total. The van der Waals surface area contributed by atoms with Crippen LogP contribution in [-0.4, -0.2) is 43.0 Å². The van der Waals surface area contributed by atoms with Gasteiger partial charge in [0.05, 0.1) is 18.7 Å². The van der Waals surface area contributed by atoms with Crippen molar-refractivity contribution in [2.24, 2.45) is 5.92 Å². The van der Waals surface area contributed by atoms with E-state index < -0.39 is 0 Å². The monoisotopic (exact) mass is 350 g/mol. The van der Waals surface area contributed by atoms with Gasteiger partial charge in [-0.05, 0) is 57.1 Å². The lowest BCUT2D eigenvalue weighted by molar-refractivity contribution is -0.117. The van der Waals surface area contributed by atoms with E-state index in [-0.39, 0.29) is 11.9 Å². The molecule has 3 rings (SSSR count). The lowest BCUT2D eigenvalue weighted by Gasteiger charge is -2.30. The van der Waals surface area contributed by atoms with E-state index >= 15 is 0 Å². The fourth-order valence-electron chi connectivity index (χ4n) is 3.71. The van der Waals surface area contributed by atoms with Gasteiger partial charge in [0.2, 0.25) is 5.91 Å². The van der Waals surface area contributed by atoms with Crippen molar-refractivity contribution < 1.29 is 14.3 Å². The Morgan fingerprint density at radius 1 is 1.33 bits per heavy atom. The van der Waals surface area contributed by atoms with Gasteiger partial charge in [-0.1, -0.05) is 6.92 Å². The van der Waals surface area contributed by atoms with Gasteiger partial charge in [0.25, 0.3) is 0 Å². The van der Waals surface area contributed by atoms with Crippen LogP contribution in [0.25, 0.3) is 0 Å². The number of hydrogen-bond donors (Lipinski definition) is 1. The smallest absolute Gasteiger partial charge is 0.341 e. The maximum absolute atomic E-state index is 12.4. The Kier molecular flexibility index (Phi) is 5.56. The number of fused-ring (bicyclic) bond motifs is 1. The molecule has 1 aromatic heterocycles. The number of anilines is 1. The van der Waals surface area contributed by atoms with Crippen LogP contribution in [-0.2, 0) is 22.4 Å². The average molecular weight is 350 g/mol. The van der Waals surface area contributed by atoms with Crippen molar-refractivity contribution in [3.63, 3.8) is 0 Å². The minimum atomic E-state index is -0.307. The van der Waals surface area contributed by atoms with Crippen LogP contribution in [0.15, 0.2) is 0 Å². The van der Waals surface area contributed by atoms with Gasteiger partial charge in [-0.3, -0.25) is 9.69 Å². The van der Waals surface area contributed by atoms with Crippen molar-refractivity contribution in [2.75, 3.05) is 31.6 Å². The van der Waals surface area contributed by atoms with Gasteiger partial charge < -0.3 is 10.1 Å². The molecular formula is C18H26N2O3S. The van der Waals surface area contributed by atoms with Crippen molar-refractivity contribution in [3.05, 3.63) is 16.0 Å². The fraction of sp³-hybridized carbons (Fsp3) is 0.667. The third-order valence-corrected chi connectivity index (χ3v) is 5.97. The van der Waals surface area contributed by atoms with E-state index in [4.69, 9.17) is 4.74 Å². The number of piperidine rings is 1. The Hall–Kier alpha value is -1.40. The molecule has 2 heterocycles. The number of likely N-dealkylation sites (tertiary alicyclic amines) is 1. The van der Waals surface area contributed by atoms with Crippen LogP contribution in [0.4, 0.5) is 5.00 Å². The van der Waals surface area contributed by atoms with E-state index in [0.717, 1.165) is 44.3 Å². The summed E-state index contributed by atoms with van der Waals surface area (Å²) in [6, 6.07) is 0. The SMILES string of the molecule is CCOC(=O)c1c(NC(=O)CN2CCCC(C)C2)sc2c1CCC2. The number of thiophene rings is 1. The number of rotatable bonds is 5. The second-order valence-corrected chi connectivity index (χ2v) is 7.92. The van der Waals surface area contributed by atoms with Gasteiger partial charge in [-0.25, -0.2) is 4.79 Å². The highest BCUT2D eigenvalue weighted by molar-refractivity contribution is 7.17. The summed E-state index contributed by atoms with van der Waals surface area (Å²) in [5.74, 6) is 0.306. The molecule has 1 unspecified atom stereocenters. The molecular weight excluding hydrogens is 324 g/mol. The lowest BCUT2D eigenvalue weighted by atomic mass is 10.0. The highest BCUT2D eigenvalue weighted by atomic mass is 32.1. The van der Waals surface area contributed by atoms with Gasteiger partial charge in [-0.2, -0.15) is 0 Å². The normalized spacial score (nSPS) is 20.7. The fourth-order valence-corrected chi connectivity index (χ4v) is 5.00. The largest absolute Gasteiger partial charge is 0.462 e. The molecule has 1 aliphatic heterocycles. The minimum Gasteiger partial charge on any atom is -0.462 e. The number of nitrogens with zero attached hydrogens (tertiary/aromatic N) is 1. The number of hydrogen-bond acceptors (Lipinski definition) is 5. The first-order valence-electron chi connectivity index (χ1n) is 8.92. The van der Waals surface area contributed by atoms with E-state index in [2.05, 4.69) is 17.1 Å².